The number of benzene rings is 1. The maximum absolute atomic E-state index is 12.6. The number of hydrogen-bond donors (Lipinski definition) is 2. The molecule has 0 fully saturated rings. The molecule has 122 valence electrons. The minimum Gasteiger partial charge on any atom is -0.341 e. The van der Waals surface area contributed by atoms with E-state index in [1.54, 1.807) is 19.1 Å². The Morgan fingerprint density at radius 1 is 1.17 bits per heavy atom. The van der Waals surface area contributed by atoms with Crippen molar-refractivity contribution in [2.45, 2.75) is 39.2 Å². The monoisotopic (exact) mass is 332 g/mol. The fourth-order valence-electron chi connectivity index (χ4n) is 1.90. The summed E-state index contributed by atoms with van der Waals surface area (Å²) in [6.45, 7) is 5.77. The highest BCUT2D eigenvalue weighted by Gasteiger charge is 2.23. The number of aromatic nitrogens is 2. The first-order valence-electron chi connectivity index (χ1n) is 7.49. The van der Waals surface area contributed by atoms with Crippen molar-refractivity contribution >= 4 is 28.3 Å². The van der Waals surface area contributed by atoms with Gasteiger partial charge in [-0.25, -0.2) is 0 Å². The highest BCUT2D eigenvalue weighted by Crippen LogP contribution is 2.23. The van der Waals surface area contributed by atoms with E-state index in [2.05, 4.69) is 20.8 Å². The van der Waals surface area contributed by atoms with Gasteiger partial charge < -0.3 is 5.32 Å². The molecule has 1 aromatic heterocycles. The Morgan fingerprint density at radius 2 is 1.87 bits per heavy atom. The second-order valence-corrected chi connectivity index (χ2v) is 6.36. The first-order valence-corrected chi connectivity index (χ1v) is 8.31. The highest BCUT2D eigenvalue weighted by molar-refractivity contribution is 7.15. The fourth-order valence-corrected chi connectivity index (χ4v) is 2.65. The number of nitrogens with one attached hydrogen (secondary N) is 2. The van der Waals surface area contributed by atoms with Gasteiger partial charge in [-0.1, -0.05) is 62.4 Å². The van der Waals surface area contributed by atoms with Gasteiger partial charge in [0.1, 0.15) is 11.0 Å². The standard InChI is InChI=1S/C16H20N4O2S/c1-4-12(21)17-13(11-8-6-5-7-9-11)14(22)18-16-20-19-15(23-16)10(2)3/h5-10,13H,4H2,1-3H3,(H,17,21)(H,18,20,22)/t13-/m1/s1. The van der Waals surface area contributed by atoms with Gasteiger partial charge in [-0.05, 0) is 5.56 Å². The summed E-state index contributed by atoms with van der Waals surface area (Å²) in [5, 5.41) is 14.8. The van der Waals surface area contributed by atoms with Gasteiger partial charge in [0, 0.05) is 12.3 Å². The molecule has 0 unspecified atom stereocenters. The summed E-state index contributed by atoms with van der Waals surface area (Å²) in [6, 6.07) is 8.37. The summed E-state index contributed by atoms with van der Waals surface area (Å²) >= 11 is 1.34. The number of anilines is 1. The van der Waals surface area contributed by atoms with Crippen molar-refractivity contribution in [2.75, 3.05) is 5.32 Å². The lowest BCUT2D eigenvalue weighted by Gasteiger charge is -2.17. The Labute approximate surface area is 139 Å². The molecule has 0 aliphatic carbocycles. The van der Waals surface area contributed by atoms with Crippen molar-refractivity contribution in [3.63, 3.8) is 0 Å². The van der Waals surface area contributed by atoms with Crippen molar-refractivity contribution in [3.8, 4) is 0 Å². The summed E-state index contributed by atoms with van der Waals surface area (Å²) in [6.07, 6.45) is 0.312. The Hall–Kier alpha value is -2.28. The average molecular weight is 332 g/mol. The molecule has 0 spiro atoms. The third-order valence-corrected chi connectivity index (χ3v) is 4.33. The molecule has 23 heavy (non-hydrogen) atoms. The highest BCUT2D eigenvalue weighted by atomic mass is 32.1. The molecule has 1 aromatic carbocycles. The third kappa shape index (κ3) is 4.59. The van der Waals surface area contributed by atoms with Crippen molar-refractivity contribution in [3.05, 3.63) is 40.9 Å². The van der Waals surface area contributed by atoms with Gasteiger partial charge in [0.2, 0.25) is 11.0 Å². The van der Waals surface area contributed by atoms with Crippen LogP contribution in [0.5, 0.6) is 0 Å². The molecule has 0 radical (unpaired) electrons. The number of amides is 2. The van der Waals surface area contributed by atoms with Crippen LogP contribution < -0.4 is 10.6 Å². The predicted octanol–water partition coefficient (Wildman–Crippen LogP) is 2.87. The number of carbonyl (C=O) groups is 2. The van der Waals surface area contributed by atoms with Crippen LogP contribution in [0.2, 0.25) is 0 Å². The van der Waals surface area contributed by atoms with Crippen LogP contribution in [0.25, 0.3) is 0 Å². The van der Waals surface area contributed by atoms with E-state index in [0.29, 0.717) is 11.6 Å². The van der Waals surface area contributed by atoms with Crippen LogP contribution >= 0.6 is 11.3 Å². The number of rotatable bonds is 6. The molecular weight excluding hydrogens is 312 g/mol. The van der Waals surface area contributed by atoms with Crippen LogP contribution in [0.3, 0.4) is 0 Å². The van der Waals surface area contributed by atoms with Gasteiger partial charge in [-0.15, -0.1) is 10.2 Å². The fraction of sp³-hybridized carbons (Fsp3) is 0.375. The van der Waals surface area contributed by atoms with Gasteiger partial charge in [-0.2, -0.15) is 0 Å². The molecule has 6 nitrogen and oxygen atoms in total. The number of nitrogens with zero attached hydrogens (tertiary/aromatic N) is 2. The van der Waals surface area contributed by atoms with Gasteiger partial charge in [0.25, 0.3) is 5.91 Å². The van der Waals surface area contributed by atoms with E-state index in [-0.39, 0.29) is 17.7 Å². The zero-order chi connectivity index (χ0) is 16.8. The van der Waals surface area contributed by atoms with Crippen LogP contribution in [0.4, 0.5) is 5.13 Å². The lowest BCUT2D eigenvalue weighted by molar-refractivity contribution is -0.126. The number of carbonyl (C=O) groups excluding carboxylic acids is 2. The molecule has 0 saturated heterocycles. The summed E-state index contributed by atoms with van der Waals surface area (Å²) in [5.41, 5.74) is 0.723. The third-order valence-electron chi connectivity index (χ3n) is 3.19. The van der Waals surface area contributed by atoms with Crippen LogP contribution in [-0.4, -0.2) is 22.0 Å². The van der Waals surface area contributed by atoms with Gasteiger partial charge in [0.05, 0.1) is 0 Å². The molecular formula is C16H20N4O2S. The molecule has 7 heteroatoms. The van der Waals surface area contributed by atoms with Gasteiger partial charge in [-0.3, -0.25) is 14.9 Å². The van der Waals surface area contributed by atoms with Crippen molar-refractivity contribution in [2.24, 2.45) is 0 Å². The smallest absolute Gasteiger partial charge is 0.253 e. The SMILES string of the molecule is CCC(=O)N[C@@H](C(=O)Nc1nnc(C(C)C)s1)c1ccccc1. The average Bonchev–Trinajstić information content (AvgIpc) is 3.01. The summed E-state index contributed by atoms with van der Waals surface area (Å²) in [4.78, 5) is 24.3. The van der Waals surface area contributed by atoms with E-state index in [1.165, 1.54) is 11.3 Å². The van der Waals surface area contributed by atoms with E-state index >= 15 is 0 Å². The Morgan fingerprint density at radius 3 is 2.43 bits per heavy atom. The molecule has 0 saturated carbocycles. The lowest BCUT2D eigenvalue weighted by atomic mass is 10.1. The van der Waals surface area contributed by atoms with E-state index in [9.17, 15) is 9.59 Å². The Bertz CT molecular complexity index is 670. The molecule has 0 aliphatic heterocycles. The molecule has 2 amide bonds. The largest absolute Gasteiger partial charge is 0.341 e. The lowest BCUT2D eigenvalue weighted by Crippen LogP contribution is -2.36. The van der Waals surface area contributed by atoms with Crippen LogP contribution in [-0.2, 0) is 9.59 Å². The molecule has 2 rings (SSSR count). The zero-order valence-electron chi connectivity index (χ0n) is 13.4. The molecule has 1 heterocycles. The van der Waals surface area contributed by atoms with Crippen LogP contribution in [0.1, 0.15) is 49.7 Å². The molecule has 1 atom stereocenters. The topological polar surface area (TPSA) is 84.0 Å². The van der Waals surface area contributed by atoms with Gasteiger partial charge >= 0.3 is 0 Å². The molecule has 0 aliphatic rings. The van der Waals surface area contributed by atoms with E-state index < -0.39 is 6.04 Å². The summed E-state index contributed by atoms with van der Waals surface area (Å²) in [7, 11) is 0. The van der Waals surface area contributed by atoms with E-state index in [1.807, 2.05) is 32.0 Å². The predicted molar refractivity (Wildman–Crippen MR) is 90.2 cm³/mol. The maximum Gasteiger partial charge on any atom is 0.253 e. The molecule has 2 aromatic rings. The quantitative estimate of drug-likeness (QED) is 0.852. The minimum atomic E-state index is -0.755. The maximum atomic E-state index is 12.6. The Kier molecular flexibility index (Phi) is 5.81. The van der Waals surface area contributed by atoms with E-state index in [4.69, 9.17) is 0 Å². The summed E-state index contributed by atoms with van der Waals surface area (Å²) < 4.78 is 0. The Balaban J connectivity index is 2.17. The van der Waals surface area contributed by atoms with Crippen molar-refractivity contribution < 1.29 is 9.59 Å². The van der Waals surface area contributed by atoms with Crippen molar-refractivity contribution in [1.82, 2.24) is 15.5 Å². The second kappa shape index (κ2) is 7.82. The van der Waals surface area contributed by atoms with Crippen LogP contribution in [0.15, 0.2) is 30.3 Å². The molecule has 2 N–H and O–H groups in total. The minimum absolute atomic E-state index is 0.186. The van der Waals surface area contributed by atoms with Gasteiger partial charge in [0.15, 0.2) is 0 Å². The van der Waals surface area contributed by atoms with Crippen molar-refractivity contribution in [1.29, 1.82) is 0 Å². The zero-order valence-corrected chi connectivity index (χ0v) is 14.2. The summed E-state index contributed by atoms with van der Waals surface area (Å²) in [5.74, 6) is -0.263. The van der Waals surface area contributed by atoms with Crippen LogP contribution in [0, 0.1) is 0 Å². The number of hydrogen-bond acceptors (Lipinski definition) is 5. The second-order valence-electron chi connectivity index (χ2n) is 5.35. The van der Waals surface area contributed by atoms with E-state index in [0.717, 1.165) is 10.6 Å². The normalized spacial score (nSPS) is 12.0. The first-order chi connectivity index (χ1) is 11.0. The first kappa shape index (κ1) is 17.1. The molecule has 0 bridgehead atoms.